The minimum absolute atomic E-state index is 0.231. The second-order valence-corrected chi connectivity index (χ2v) is 7.41. The quantitative estimate of drug-likeness (QED) is 0.527. The zero-order valence-electron chi connectivity index (χ0n) is 9.43. The Kier molecular flexibility index (Phi) is 4.35. The van der Waals surface area contributed by atoms with Gasteiger partial charge in [0.1, 0.15) is 0 Å². The summed E-state index contributed by atoms with van der Waals surface area (Å²) in [6.45, 7) is 4.29. The zero-order chi connectivity index (χ0) is 12.6. The Hall–Kier alpha value is 0.170. The summed E-state index contributed by atoms with van der Waals surface area (Å²) < 4.78 is 0.937. The van der Waals surface area contributed by atoms with Crippen LogP contribution in [0.4, 0.5) is 0 Å². The number of hydrogen-bond donors (Lipinski definition) is 0. The molecule has 0 saturated heterocycles. The standard InChI is InChI=1S/C13H11Br2ClS/c1-7-5-8(2)17-13(7)12(15)9-3-4-11(16)10(14)6-9/h3-6,12H,1-2H3. The molecule has 0 aliphatic carbocycles. The number of benzene rings is 1. The lowest BCUT2D eigenvalue weighted by Gasteiger charge is -2.10. The minimum atomic E-state index is 0.231. The Morgan fingerprint density at radius 3 is 2.47 bits per heavy atom. The van der Waals surface area contributed by atoms with Gasteiger partial charge in [0.05, 0.1) is 9.85 Å². The molecule has 0 spiro atoms. The summed E-state index contributed by atoms with van der Waals surface area (Å²) in [5.41, 5.74) is 2.55. The predicted molar refractivity (Wildman–Crippen MR) is 83.7 cm³/mol. The smallest absolute Gasteiger partial charge is 0.0741 e. The van der Waals surface area contributed by atoms with E-state index < -0.39 is 0 Å². The van der Waals surface area contributed by atoms with E-state index in [0.29, 0.717) is 0 Å². The maximum Gasteiger partial charge on any atom is 0.0741 e. The molecule has 1 aromatic heterocycles. The molecule has 1 unspecified atom stereocenters. The van der Waals surface area contributed by atoms with Crippen LogP contribution in [0.2, 0.25) is 5.02 Å². The van der Waals surface area contributed by atoms with Crippen LogP contribution in [0.5, 0.6) is 0 Å². The van der Waals surface area contributed by atoms with Gasteiger partial charge in [-0.2, -0.15) is 0 Å². The number of rotatable bonds is 2. The van der Waals surface area contributed by atoms with Crippen LogP contribution < -0.4 is 0 Å². The topological polar surface area (TPSA) is 0 Å². The van der Waals surface area contributed by atoms with E-state index in [9.17, 15) is 0 Å². The van der Waals surface area contributed by atoms with Crippen LogP contribution in [0.15, 0.2) is 28.7 Å². The Balaban J connectivity index is 2.40. The zero-order valence-corrected chi connectivity index (χ0v) is 14.2. The van der Waals surface area contributed by atoms with Gasteiger partial charge >= 0.3 is 0 Å². The molecule has 0 bridgehead atoms. The van der Waals surface area contributed by atoms with Crippen molar-refractivity contribution < 1.29 is 0 Å². The number of hydrogen-bond acceptors (Lipinski definition) is 1. The van der Waals surface area contributed by atoms with Gasteiger partial charge in [-0.15, -0.1) is 11.3 Å². The molecule has 90 valence electrons. The van der Waals surface area contributed by atoms with Gasteiger partial charge in [0.15, 0.2) is 0 Å². The molecule has 1 heterocycles. The van der Waals surface area contributed by atoms with Crippen molar-refractivity contribution in [3.8, 4) is 0 Å². The molecule has 4 heteroatoms. The fourth-order valence-electron chi connectivity index (χ4n) is 1.73. The minimum Gasteiger partial charge on any atom is -0.144 e. The summed E-state index contributed by atoms with van der Waals surface area (Å²) in [6.07, 6.45) is 0. The van der Waals surface area contributed by atoms with Gasteiger partial charge in [0.25, 0.3) is 0 Å². The largest absolute Gasteiger partial charge is 0.144 e. The third-order valence-electron chi connectivity index (χ3n) is 2.55. The molecule has 2 rings (SSSR count). The number of thiophene rings is 1. The third-order valence-corrected chi connectivity index (χ3v) is 6.27. The van der Waals surface area contributed by atoms with E-state index in [1.165, 1.54) is 20.9 Å². The van der Waals surface area contributed by atoms with Gasteiger partial charge in [-0.1, -0.05) is 33.6 Å². The summed E-state index contributed by atoms with van der Waals surface area (Å²) in [5.74, 6) is 0. The van der Waals surface area contributed by atoms with Gasteiger partial charge in [0, 0.05) is 14.2 Å². The van der Waals surface area contributed by atoms with Crippen molar-refractivity contribution in [1.29, 1.82) is 0 Å². The molecule has 0 saturated carbocycles. The fraction of sp³-hybridized carbons (Fsp3) is 0.231. The second kappa shape index (κ2) is 5.43. The van der Waals surface area contributed by atoms with Gasteiger partial charge in [-0.3, -0.25) is 0 Å². The molecule has 17 heavy (non-hydrogen) atoms. The molecular weight excluding hydrogens is 383 g/mol. The van der Waals surface area contributed by atoms with Crippen LogP contribution in [0.1, 0.15) is 25.7 Å². The van der Waals surface area contributed by atoms with Gasteiger partial charge < -0.3 is 0 Å². The van der Waals surface area contributed by atoms with E-state index in [1.54, 1.807) is 0 Å². The van der Waals surface area contributed by atoms with Gasteiger partial charge in [-0.05, 0) is 59.1 Å². The van der Waals surface area contributed by atoms with Crippen molar-refractivity contribution in [1.82, 2.24) is 0 Å². The second-order valence-electron chi connectivity index (χ2n) is 3.94. The van der Waals surface area contributed by atoms with Crippen molar-refractivity contribution >= 4 is 54.8 Å². The molecule has 1 atom stereocenters. The maximum absolute atomic E-state index is 6.01. The van der Waals surface area contributed by atoms with E-state index in [0.717, 1.165) is 9.50 Å². The van der Waals surface area contributed by atoms with Crippen LogP contribution in [0.25, 0.3) is 0 Å². The van der Waals surface area contributed by atoms with E-state index in [-0.39, 0.29) is 4.83 Å². The fourth-order valence-corrected chi connectivity index (χ4v) is 4.21. The highest BCUT2D eigenvalue weighted by Gasteiger charge is 2.16. The highest BCUT2D eigenvalue weighted by atomic mass is 79.9. The molecule has 2 aromatic rings. The third kappa shape index (κ3) is 2.95. The maximum atomic E-state index is 6.01. The lowest BCUT2D eigenvalue weighted by atomic mass is 10.1. The molecule has 0 fully saturated rings. The van der Waals surface area contributed by atoms with Crippen LogP contribution in [-0.4, -0.2) is 0 Å². The van der Waals surface area contributed by atoms with E-state index in [4.69, 9.17) is 11.6 Å². The summed E-state index contributed by atoms with van der Waals surface area (Å²) in [6, 6.07) is 8.27. The molecule has 0 amide bonds. The lowest BCUT2D eigenvalue weighted by Crippen LogP contribution is -1.91. The molecule has 0 aliphatic heterocycles. The number of alkyl halides is 1. The van der Waals surface area contributed by atoms with Crippen LogP contribution in [-0.2, 0) is 0 Å². The first-order valence-electron chi connectivity index (χ1n) is 5.15. The van der Waals surface area contributed by atoms with Crippen molar-refractivity contribution in [2.24, 2.45) is 0 Å². The molecular formula is C13H11Br2ClS. The average Bonchev–Trinajstić information content (AvgIpc) is 2.61. The highest BCUT2D eigenvalue weighted by molar-refractivity contribution is 9.10. The molecule has 0 aliphatic rings. The normalized spacial score (nSPS) is 12.8. The van der Waals surface area contributed by atoms with E-state index >= 15 is 0 Å². The predicted octanol–water partition coefficient (Wildman–Crippen LogP) is 6.27. The van der Waals surface area contributed by atoms with Gasteiger partial charge in [-0.25, -0.2) is 0 Å². The molecule has 0 nitrogen and oxygen atoms in total. The Morgan fingerprint density at radius 2 is 1.94 bits per heavy atom. The average molecular weight is 395 g/mol. The Bertz CT molecular complexity index is 548. The van der Waals surface area contributed by atoms with Crippen LogP contribution >= 0.6 is 54.8 Å². The van der Waals surface area contributed by atoms with E-state index in [2.05, 4.69) is 63.9 Å². The SMILES string of the molecule is Cc1cc(C)c(C(Br)c2ccc(Cl)c(Br)c2)s1. The summed E-state index contributed by atoms with van der Waals surface area (Å²) >= 11 is 15.1. The van der Waals surface area contributed by atoms with Crippen molar-refractivity contribution in [3.63, 3.8) is 0 Å². The monoisotopic (exact) mass is 392 g/mol. The Morgan fingerprint density at radius 1 is 1.24 bits per heavy atom. The van der Waals surface area contributed by atoms with Crippen LogP contribution in [0, 0.1) is 13.8 Å². The highest BCUT2D eigenvalue weighted by Crippen LogP contribution is 2.39. The molecule has 1 aromatic carbocycles. The molecule has 0 N–H and O–H groups in total. The van der Waals surface area contributed by atoms with Crippen molar-refractivity contribution in [3.05, 3.63) is 54.6 Å². The number of aryl methyl sites for hydroxylation is 2. The van der Waals surface area contributed by atoms with Crippen LogP contribution in [0.3, 0.4) is 0 Å². The molecule has 0 radical (unpaired) electrons. The summed E-state index contributed by atoms with van der Waals surface area (Å²) in [5, 5.41) is 0.743. The van der Waals surface area contributed by atoms with E-state index in [1.807, 2.05) is 17.4 Å². The summed E-state index contributed by atoms with van der Waals surface area (Å²) in [4.78, 5) is 2.93. The number of halogens is 3. The first-order valence-corrected chi connectivity index (χ1v) is 8.05. The Labute approximate surface area is 127 Å². The summed E-state index contributed by atoms with van der Waals surface area (Å²) in [7, 11) is 0. The first kappa shape index (κ1) is 13.6. The first-order chi connectivity index (χ1) is 7.99. The lowest BCUT2D eigenvalue weighted by molar-refractivity contribution is 1.19. The van der Waals surface area contributed by atoms with Crippen molar-refractivity contribution in [2.45, 2.75) is 18.7 Å². The van der Waals surface area contributed by atoms with Gasteiger partial charge in [0.2, 0.25) is 0 Å². The van der Waals surface area contributed by atoms with Crippen molar-refractivity contribution in [2.75, 3.05) is 0 Å².